The first-order valence-corrected chi connectivity index (χ1v) is 20.0. The number of anilines is 2. The molecule has 0 saturated carbocycles. The number of fused-ring (bicyclic) bond motifs is 2. The van der Waals surface area contributed by atoms with Crippen LogP contribution in [0.3, 0.4) is 0 Å². The number of hydrogen-bond acceptors (Lipinski definition) is 8. The Hall–Kier alpha value is -7.79. The van der Waals surface area contributed by atoms with Crippen LogP contribution in [0, 0.1) is 12.7 Å². The van der Waals surface area contributed by atoms with E-state index in [2.05, 4.69) is 32.7 Å². The van der Waals surface area contributed by atoms with Gasteiger partial charge in [-0.3, -0.25) is 14.6 Å². The average Bonchev–Trinajstić information content (AvgIpc) is 3.25. The molecule has 1 aliphatic heterocycles. The standard InChI is InChI=1S/C50H41FN6O4/c1-31-38(50(59)55-30-33-11-5-13-35(51)23-33)15-7-16-46(31)61-48-28-45(56-44-25-36(17-18-39(44)48)57-21-8-22-57)40-26-41-43(27-42(40)52)53-20-19-47(41)60-37-14-6-12-34(24-37)49(58)54-29-32-9-3-2-4-10-32/h2-7,9-20,23-28H,8,21-22,29-30,52H2,1H3,(H,54,58)(H,55,59). The number of pyridine rings is 2. The summed E-state index contributed by atoms with van der Waals surface area (Å²) in [5.74, 6) is 1.14. The normalized spacial score (nSPS) is 12.2. The summed E-state index contributed by atoms with van der Waals surface area (Å²) in [4.78, 5) is 38.5. The van der Waals surface area contributed by atoms with Gasteiger partial charge in [0.2, 0.25) is 0 Å². The van der Waals surface area contributed by atoms with Gasteiger partial charge in [0.25, 0.3) is 11.8 Å². The number of carbonyl (C=O) groups is 2. The molecule has 0 atom stereocenters. The minimum absolute atomic E-state index is 0.174. The number of nitrogen functional groups attached to an aromatic ring is 1. The molecular weight excluding hydrogens is 768 g/mol. The van der Waals surface area contributed by atoms with Crippen LogP contribution < -0.4 is 30.7 Å². The number of ether oxygens (including phenoxy) is 2. The van der Waals surface area contributed by atoms with Crippen LogP contribution in [0.15, 0.2) is 146 Å². The second-order valence-corrected chi connectivity index (χ2v) is 15.0. The van der Waals surface area contributed by atoms with Crippen LogP contribution in [-0.4, -0.2) is 34.9 Å². The maximum Gasteiger partial charge on any atom is 0.251 e. The third-order valence-corrected chi connectivity index (χ3v) is 10.8. The molecule has 0 unspecified atom stereocenters. The number of rotatable bonds is 12. The van der Waals surface area contributed by atoms with Crippen molar-refractivity contribution in [1.29, 1.82) is 0 Å². The highest BCUT2D eigenvalue weighted by Crippen LogP contribution is 2.40. The van der Waals surface area contributed by atoms with Gasteiger partial charge in [-0.2, -0.15) is 0 Å². The van der Waals surface area contributed by atoms with E-state index in [1.165, 1.54) is 12.1 Å². The van der Waals surface area contributed by atoms with Crippen LogP contribution in [0.4, 0.5) is 15.8 Å². The molecule has 4 N–H and O–H groups in total. The molecule has 2 amide bonds. The number of halogens is 1. The van der Waals surface area contributed by atoms with E-state index in [1.807, 2.05) is 61.5 Å². The largest absolute Gasteiger partial charge is 0.457 e. The van der Waals surface area contributed by atoms with Gasteiger partial charge in [0.15, 0.2) is 0 Å². The molecule has 6 aromatic carbocycles. The summed E-state index contributed by atoms with van der Waals surface area (Å²) in [5, 5.41) is 7.35. The molecule has 8 aromatic rings. The van der Waals surface area contributed by atoms with Crippen LogP contribution in [0.1, 0.15) is 43.8 Å². The van der Waals surface area contributed by atoms with E-state index < -0.39 is 0 Å². The minimum Gasteiger partial charge on any atom is -0.457 e. The van der Waals surface area contributed by atoms with Crippen molar-refractivity contribution in [2.45, 2.75) is 26.4 Å². The molecule has 10 nitrogen and oxygen atoms in total. The predicted molar refractivity (Wildman–Crippen MR) is 237 cm³/mol. The van der Waals surface area contributed by atoms with E-state index in [9.17, 15) is 14.0 Å². The fourth-order valence-electron chi connectivity index (χ4n) is 7.39. The molecule has 302 valence electrons. The molecule has 1 fully saturated rings. The van der Waals surface area contributed by atoms with Crippen LogP contribution in [0.2, 0.25) is 0 Å². The van der Waals surface area contributed by atoms with Gasteiger partial charge in [0.1, 0.15) is 28.8 Å². The number of hydrogen-bond donors (Lipinski definition) is 3. The zero-order valence-electron chi connectivity index (χ0n) is 33.3. The second-order valence-electron chi connectivity index (χ2n) is 15.0. The molecule has 3 heterocycles. The average molecular weight is 809 g/mol. The molecule has 0 aliphatic carbocycles. The Morgan fingerprint density at radius 2 is 1.49 bits per heavy atom. The highest BCUT2D eigenvalue weighted by Gasteiger charge is 2.20. The zero-order chi connectivity index (χ0) is 41.9. The Morgan fingerprint density at radius 1 is 0.705 bits per heavy atom. The van der Waals surface area contributed by atoms with E-state index in [-0.39, 0.29) is 24.2 Å². The summed E-state index contributed by atoms with van der Waals surface area (Å²) < 4.78 is 26.9. The van der Waals surface area contributed by atoms with Gasteiger partial charge in [0, 0.05) is 82.8 Å². The summed E-state index contributed by atoms with van der Waals surface area (Å²) in [6.07, 6.45) is 2.78. The van der Waals surface area contributed by atoms with E-state index in [0.29, 0.717) is 85.2 Å². The molecule has 0 bridgehead atoms. The molecular formula is C50H41FN6O4. The second kappa shape index (κ2) is 16.8. The smallest absolute Gasteiger partial charge is 0.251 e. The van der Waals surface area contributed by atoms with Crippen molar-refractivity contribution in [3.8, 4) is 34.3 Å². The first-order valence-electron chi connectivity index (χ1n) is 20.0. The highest BCUT2D eigenvalue weighted by molar-refractivity contribution is 5.98. The lowest BCUT2D eigenvalue weighted by atomic mass is 10.0. The summed E-state index contributed by atoms with van der Waals surface area (Å²) in [6.45, 7) is 4.35. The van der Waals surface area contributed by atoms with Crippen LogP contribution in [0.25, 0.3) is 33.1 Å². The molecule has 0 radical (unpaired) electrons. The fourth-order valence-corrected chi connectivity index (χ4v) is 7.39. The molecule has 1 saturated heterocycles. The number of benzene rings is 6. The van der Waals surface area contributed by atoms with Gasteiger partial charge in [-0.1, -0.05) is 54.6 Å². The van der Waals surface area contributed by atoms with Gasteiger partial charge < -0.3 is 30.7 Å². The molecule has 1 aliphatic rings. The monoisotopic (exact) mass is 808 g/mol. The van der Waals surface area contributed by atoms with Crippen molar-refractivity contribution >= 4 is 45.0 Å². The lowest BCUT2D eigenvalue weighted by molar-refractivity contribution is 0.0942. The zero-order valence-corrected chi connectivity index (χ0v) is 33.3. The summed E-state index contributed by atoms with van der Waals surface area (Å²) >= 11 is 0. The molecule has 11 heteroatoms. The maximum atomic E-state index is 13.8. The van der Waals surface area contributed by atoms with Crippen LogP contribution in [-0.2, 0) is 13.1 Å². The van der Waals surface area contributed by atoms with E-state index in [1.54, 1.807) is 66.9 Å². The predicted octanol–water partition coefficient (Wildman–Crippen LogP) is 10.1. The third-order valence-electron chi connectivity index (χ3n) is 10.8. The van der Waals surface area contributed by atoms with Crippen LogP contribution >= 0.6 is 0 Å². The van der Waals surface area contributed by atoms with Crippen molar-refractivity contribution < 1.29 is 23.5 Å². The number of nitrogens with one attached hydrogen (secondary N) is 2. The lowest BCUT2D eigenvalue weighted by Crippen LogP contribution is -2.36. The fraction of sp³-hybridized carbons (Fsp3) is 0.120. The van der Waals surface area contributed by atoms with E-state index in [4.69, 9.17) is 20.2 Å². The molecule has 61 heavy (non-hydrogen) atoms. The summed E-state index contributed by atoms with van der Waals surface area (Å²) in [6, 6.07) is 41.7. The van der Waals surface area contributed by atoms with Gasteiger partial charge in [0.05, 0.1) is 16.7 Å². The topological polar surface area (TPSA) is 132 Å². The Balaban J connectivity index is 1.04. The van der Waals surface area contributed by atoms with Crippen molar-refractivity contribution in [1.82, 2.24) is 20.6 Å². The highest BCUT2D eigenvalue weighted by atomic mass is 19.1. The summed E-state index contributed by atoms with van der Waals surface area (Å²) in [7, 11) is 0. The number of nitrogens with zero attached hydrogens (tertiary/aromatic N) is 3. The van der Waals surface area contributed by atoms with Gasteiger partial charge in [-0.05, 0) is 103 Å². The maximum absolute atomic E-state index is 13.8. The van der Waals surface area contributed by atoms with Crippen molar-refractivity contribution in [3.63, 3.8) is 0 Å². The molecule has 0 spiro atoms. The number of aromatic nitrogens is 2. The number of carbonyl (C=O) groups excluding carboxylic acids is 2. The Labute approximate surface area is 351 Å². The van der Waals surface area contributed by atoms with E-state index in [0.717, 1.165) is 36.1 Å². The first kappa shape index (κ1) is 38.7. The molecule has 2 aromatic heterocycles. The summed E-state index contributed by atoms with van der Waals surface area (Å²) in [5.41, 5.74) is 14.0. The first-order chi connectivity index (χ1) is 29.8. The Bertz CT molecular complexity index is 2950. The van der Waals surface area contributed by atoms with Gasteiger partial charge in [-0.25, -0.2) is 9.37 Å². The quantitative estimate of drug-likeness (QED) is 0.104. The van der Waals surface area contributed by atoms with Crippen molar-refractivity contribution in [2.24, 2.45) is 0 Å². The van der Waals surface area contributed by atoms with Gasteiger partial charge in [-0.15, -0.1) is 0 Å². The van der Waals surface area contributed by atoms with Crippen LogP contribution in [0.5, 0.6) is 23.0 Å². The number of nitrogens with two attached hydrogens (primary N) is 1. The van der Waals surface area contributed by atoms with E-state index >= 15 is 0 Å². The van der Waals surface area contributed by atoms with Crippen molar-refractivity contribution in [3.05, 3.63) is 179 Å². The Morgan fingerprint density at radius 3 is 2.31 bits per heavy atom. The minimum atomic E-state index is -0.363. The SMILES string of the molecule is Cc1c(Oc2cc(-c3cc4c(Oc5cccc(C(=O)NCc6ccccc6)c5)ccnc4cc3N)nc3cc(N4CCC4)ccc23)cccc1C(=O)NCc1cccc(F)c1. The molecule has 9 rings (SSSR count). The number of amides is 2. The Kier molecular flexibility index (Phi) is 10.7. The lowest BCUT2D eigenvalue weighted by Gasteiger charge is -2.33. The third kappa shape index (κ3) is 8.40. The van der Waals surface area contributed by atoms with Gasteiger partial charge >= 0.3 is 0 Å². The van der Waals surface area contributed by atoms with Crippen molar-refractivity contribution in [2.75, 3.05) is 23.7 Å².